The van der Waals surface area contributed by atoms with Crippen LogP contribution in [0.2, 0.25) is 0 Å². The minimum atomic E-state index is -0.292. The van der Waals surface area contributed by atoms with E-state index in [2.05, 4.69) is 29.7 Å². The van der Waals surface area contributed by atoms with E-state index in [9.17, 15) is 9.59 Å². The topological polar surface area (TPSA) is 70.6 Å². The quantitative estimate of drug-likeness (QED) is 0.585. The SMILES string of the molecule is Cc1ccccc1NC(=O)CCC(=O)NN=Cc1ccc(C(C)C)cc1. The van der Waals surface area contributed by atoms with Gasteiger partial charge in [0.25, 0.3) is 0 Å². The second kappa shape index (κ2) is 9.51. The van der Waals surface area contributed by atoms with Gasteiger partial charge in [-0.3, -0.25) is 9.59 Å². The Kier molecular flexibility index (Phi) is 7.09. The van der Waals surface area contributed by atoms with Crippen LogP contribution in [0.15, 0.2) is 53.6 Å². The molecule has 0 unspecified atom stereocenters. The molecule has 0 radical (unpaired) electrons. The number of nitrogens with zero attached hydrogens (tertiary/aromatic N) is 1. The number of carbonyl (C=O) groups excluding carboxylic acids is 2. The summed E-state index contributed by atoms with van der Waals surface area (Å²) in [4.78, 5) is 23.7. The summed E-state index contributed by atoms with van der Waals surface area (Å²) in [6.07, 6.45) is 1.79. The maximum atomic E-state index is 11.9. The molecule has 0 saturated heterocycles. The fourth-order valence-electron chi connectivity index (χ4n) is 2.35. The van der Waals surface area contributed by atoms with Crippen molar-refractivity contribution in [2.24, 2.45) is 5.10 Å². The molecule has 2 aromatic rings. The molecule has 5 heteroatoms. The van der Waals surface area contributed by atoms with E-state index in [-0.39, 0.29) is 24.7 Å². The zero-order valence-corrected chi connectivity index (χ0v) is 15.5. The lowest BCUT2D eigenvalue weighted by Crippen LogP contribution is -2.20. The van der Waals surface area contributed by atoms with Crippen molar-refractivity contribution in [1.82, 2.24) is 5.43 Å². The van der Waals surface area contributed by atoms with E-state index in [0.717, 1.165) is 16.8 Å². The van der Waals surface area contributed by atoms with Gasteiger partial charge in [0, 0.05) is 18.5 Å². The molecule has 2 rings (SSSR count). The van der Waals surface area contributed by atoms with E-state index < -0.39 is 0 Å². The molecule has 26 heavy (non-hydrogen) atoms. The van der Waals surface area contributed by atoms with Crippen LogP contribution < -0.4 is 10.7 Å². The minimum Gasteiger partial charge on any atom is -0.326 e. The maximum Gasteiger partial charge on any atom is 0.240 e. The molecule has 0 spiro atoms. The van der Waals surface area contributed by atoms with E-state index >= 15 is 0 Å². The van der Waals surface area contributed by atoms with Gasteiger partial charge in [-0.05, 0) is 35.6 Å². The Hall–Kier alpha value is -2.95. The molecular weight excluding hydrogens is 326 g/mol. The maximum absolute atomic E-state index is 11.9. The average Bonchev–Trinajstić information content (AvgIpc) is 2.62. The molecule has 0 atom stereocenters. The van der Waals surface area contributed by atoms with Gasteiger partial charge in [-0.1, -0.05) is 56.3 Å². The van der Waals surface area contributed by atoms with Crippen LogP contribution in [-0.4, -0.2) is 18.0 Å². The third-order valence-electron chi connectivity index (χ3n) is 4.00. The van der Waals surface area contributed by atoms with Crippen LogP contribution in [0.3, 0.4) is 0 Å². The highest BCUT2D eigenvalue weighted by atomic mass is 16.2. The summed E-state index contributed by atoms with van der Waals surface area (Å²) in [6.45, 7) is 6.20. The number of rotatable bonds is 7. The van der Waals surface area contributed by atoms with Crippen molar-refractivity contribution in [3.63, 3.8) is 0 Å². The number of hydrazone groups is 1. The summed E-state index contributed by atoms with van der Waals surface area (Å²) in [6, 6.07) is 15.5. The first-order chi connectivity index (χ1) is 12.5. The van der Waals surface area contributed by atoms with Gasteiger partial charge in [-0.25, -0.2) is 5.43 Å². The molecule has 0 aliphatic heterocycles. The fourth-order valence-corrected chi connectivity index (χ4v) is 2.35. The van der Waals surface area contributed by atoms with Gasteiger partial charge < -0.3 is 5.32 Å². The van der Waals surface area contributed by atoms with E-state index in [1.807, 2.05) is 55.5 Å². The molecule has 5 nitrogen and oxygen atoms in total. The largest absolute Gasteiger partial charge is 0.326 e. The second-order valence-corrected chi connectivity index (χ2v) is 6.48. The monoisotopic (exact) mass is 351 g/mol. The van der Waals surface area contributed by atoms with E-state index in [1.165, 1.54) is 5.56 Å². The number of para-hydroxylation sites is 1. The highest BCUT2D eigenvalue weighted by Crippen LogP contribution is 2.14. The Bertz CT molecular complexity index is 780. The Morgan fingerprint density at radius 3 is 2.31 bits per heavy atom. The number of nitrogens with one attached hydrogen (secondary N) is 2. The highest BCUT2D eigenvalue weighted by Gasteiger charge is 2.07. The molecule has 2 amide bonds. The summed E-state index contributed by atoms with van der Waals surface area (Å²) >= 11 is 0. The van der Waals surface area contributed by atoms with Crippen molar-refractivity contribution >= 4 is 23.7 Å². The van der Waals surface area contributed by atoms with Crippen LogP contribution in [-0.2, 0) is 9.59 Å². The van der Waals surface area contributed by atoms with Crippen molar-refractivity contribution in [3.05, 3.63) is 65.2 Å². The third kappa shape index (κ3) is 6.16. The van der Waals surface area contributed by atoms with Crippen molar-refractivity contribution in [2.45, 2.75) is 39.5 Å². The van der Waals surface area contributed by atoms with Gasteiger partial charge in [0.15, 0.2) is 0 Å². The van der Waals surface area contributed by atoms with Crippen LogP contribution in [0.5, 0.6) is 0 Å². The lowest BCUT2D eigenvalue weighted by Gasteiger charge is -2.07. The number of benzene rings is 2. The Labute approximate surface area is 154 Å². The molecule has 2 aromatic carbocycles. The van der Waals surface area contributed by atoms with Crippen molar-refractivity contribution in [1.29, 1.82) is 0 Å². The van der Waals surface area contributed by atoms with Crippen LogP contribution in [0.1, 0.15) is 49.3 Å². The molecule has 0 heterocycles. The van der Waals surface area contributed by atoms with Crippen molar-refractivity contribution in [3.8, 4) is 0 Å². The lowest BCUT2D eigenvalue weighted by atomic mass is 10.0. The number of carbonyl (C=O) groups is 2. The smallest absolute Gasteiger partial charge is 0.240 e. The van der Waals surface area contributed by atoms with E-state index in [4.69, 9.17) is 0 Å². The third-order valence-corrected chi connectivity index (χ3v) is 4.00. The summed E-state index contributed by atoms with van der Waals surface area (Å²) in [5.41, 5.74) is 6.36. The van der Waals surface area contributed by atoms with Gasteiger partial charge in [-0.2, -0.15) is 5.10 Å². The average molecular weight is 351 g/mol. The number of amides is 2. The van der Waals surface area contributed by atoms with Gasteiger partial charge in [0.05, 0.1) is 6.21 Å². The van der Waals surface area contributed by atoms with E-state index in [1.54, 1.807) is 6.21 Å². The fraction of sp³-hybridized carbons (Fsp3) is 0.286. The summed E-state index contributed by atoms with van der Waals surface area (Å²) in [7, 11) is 0. The number of hydrogen-bond acceptors (Lipinski definition) is 3. The summed E-state index contributed by atoms with van der Waals surface area (Å²) in [5.74, 6) is -0.00537. The van der Waals surface area contributed by atoms with Crippen LogP contribution in [0.25, 0.3) is 0 Å². The summed E-state index contributed by atoms with van der Waals surface area (Å²) in [5, 5.41) is 6.74. The zero-order chi connectivity index (χ0) is 18.9. The van der Waals surface area contributed by atoms with Gasteiger partial charge in [0.2, 0.25) is 11.8 Å². The summed E-state index contributed by atoms with van der Waals surface area (Å²) < 4.78 is 0. The van der Waals surface area contributed by atoms with Crippen LogP contribution in [0, 0.1) is 6.92 Å². The predicted octanol–water partition coefficient (Wildman–Crippen LogP) is 3.99. The Morgan fingerprint density at radius 1 is 1.00 bits per heavy atom. The first kappa shape index (κ1) is 19.4. The molecule has 2 N–H and O–H groups in total. The van der Waals surface area contributed by atoms with Crippen LogP contribution >= 0.6 is 0 Å². The normalized spacial score (nSPS) is 10.9. The first-order valence-electron chi connectivity index (χ1n) is 8.73. The molecule has 0 aliphatic rings. The van der Waals surface area contributed by atoms with Gasteiger partial charge in [0.1, 0.15) is 0 Å². The van der Waals surface area contributed by atoms with Crippen molar-refractivity contribution < 1.29 is 9.59 Å². The number of aryl methyl sites for hydroxylation is 1. The van der Waals surface area contributed by atoms with E-state index in [0.29, 0.717) is 5.92 Å². The predicted molar refractivity (Wildman–Crippen MR) is 105 cm³/mol. The molecule has 0 fully saturated rings. The molecule has 0 aromatic heterocycles. The first-order valence-corrected chi connectivity index (χ1v) is 8.73. The zero-order valence-electron chi connectivity index (χ0n) is 15.5. The van der Waals surface area contributed by atoms with Gasteiger partial charge in [-0.15, -0.1) is 0 Å². The lowest BCUT2D eigenvalue weighted by molar-refractivity contribution is -0.124. The number of hydrogen-bond donors (Lipinski definition) is 2. The van der Waals surface area contributed by atoms with Crippen LogP contribution in [0.4, 0.5) is 5.69 Å². The van der Waals surface area contributed by atoms with Gasteiger partial charge >= 0.3 is 0 Å². The minimum absolute atomic E-state index is 0.0847. The molecule has 0 saturated carbocycles. The Morgan fingerprint density at radius 2 is 1.65 bits per heavy atom. The second-order valence-electron chi connectivity index (χ2n) is 6.48. The highest BCUT2D eigenvalue weighted by molar-refractivity contribution is 5.94. The molecular formula is C21H25N3O2. The molecule has 136 valence electrons. The molecule has 0 bridgehead atoms. The number of anilines is 1. The standard InChI is InChI=1S/C21H25N3O2/c1-15(2)18-10-8-17(9-11-18)14-22-24-21(26)13-12-20(25)23-19-7-5-4-6-16(19)3/h4-11,14-15H,12-13H2,1-3H3,(H,23,25)(H,24,26). The molecule has 0 aliphatic carbocycles. The van der Waals surface area contributed by atoms with Crippen molar-refractivity contribution in [2.75, 3.05) is 5.32 Å². The Balaban J connectivity index is 1.74.